The highest BCUT2D eigenvalue weighted by Gasteiger charge is 2.49. The third-order valence-electron chi connectivity index (χ3n) is 6.42. The van der Waals surface area contributed by atoms with E-state index < -0.39 is 23.6 Å². The number of anilines is 1. The van der Waals surface area contributed by atoms with Gasteiger partial charge in [-0.05, 0) is 78.8 Å². The third kappa shape index (κ3) is 5.17. The van der Waals surface area contributed by atoms with E-state index in [1.54, 1.807) is 13.0 Å². The van der Waals surface area contributed by atoms with Gasteiger partial charge in [-0.2, -0.15) is 4.37 Å². The van der Waals surface area contributed by atoms with Crippen molar-refractivity contribution >= 4 is 51.7 Å². The van der Waals surface area contributed by atoms with Gasteiger partial charge in [-0.15, -0.1) is 0 Å². The number of hydrogen-bond acceptors (Lipinski definition) is 5. The summed E-state index contributed by atoms with van der Waals surface area (Å²) in [4.78, 5) is 24.9. The Kier molecular flexibility index (Phi) is 6.63. The molecular formula is C29H23ClN2O4S. The van der Waals surface area contributed by atoms with Gasteiger partial charge >= 0.3 is 12.1 Å². The Labute approximate surface area is 223 Å². The van der Waals surface area contributed by atoms with E-state index in [0.717, 1.165) is 32.3 Å². The fraction of sp³-hybridized carbons (Fsp3) is 0.207. The molecule has 0 unspecified atom stereocenters. The number of nitrogens with zero attached hydrogens (tertiary/aromatic N) is 1. The number of halogens is 1. The number of ether oxygens (including phenoxy) is 1. The van der Waals surface area contributed by atoms with Crippen molar-refractivity contribution in [2.45, 2.75) is 32.8 Å². The van der Waals surface area contributed by atoms with Gasteiger partial charge in [-0.1, -0.05) is 59.8 Å². The van der Waals surface area contributed by atoms with Crippen LogP contribution in [0.3, 0.4) is 0 Å². The first-order valence-electron chi connectivity index (χ1n) is 11.7. The van der Waals surface area contributed by atoms with Crippen LogP contribution in [-0.4, -0.2) is 21.5 Å². The first kappa shape index (κ1) is 24.8. The SMILES string of the molecule is Cc1nsc(-c2ccc3cc(C#CC4(C(=O)O)CC4)ccc3c2)c1NC(=O)O[C@H](C)c1ccccc1Cl. The molecule has 186 valence electrons. The molecule has 1 atom stereocenters. The number of benzene rings is 3. The van der Waals surface area contributed by atoms with Crippen LogP contribution >= 0.6 is 23.1 Å². The quantitative estimate of drug-likeness (QED) is 0.261. The van der Waals surface area contributed by atoms with Gasteiger partial charge in [0.2, 0.25) is 0 Å². The maximum absolute atomic E-state index is 12.7. The van der Waals surface area contributed by atoms with Crippen molar-refractivity contribution in [3.8, 4) is 22.3 Å². The Morgan fingerprint density at radius 2 is 1.86 bits per heavy atom. The molecule has 4 aromatic rings. The molecule has 1 amide bonds. The Morgan fingerprint density at radius 3 is 2.59 bits per heavy atom. The molecule has 0 aliphatic heterocycles. The van der Waals surface area contributed by atoms with Crippen LogP contribution in [0.2, 0.25) is 5.02 Å². The van der Waals surface area contributed by atoms with E-state index in [0.29, 0.717) is 29.2 Å². The predicted octanol–water partition coefficient (Wildman–Crippen LogP) is 7.45. The molecule has 3 aromatic carbocycles. The molecule has 0 saturated heterocycles. The van der Waals surface area contributed by atoms with E-state index in [1.165, 1.54) is 11.5 Å². The monoisotopic (exact) mass is 530 g/mol. The first-order valence-corrected chi connectivity index (χ1v) is 12.9. The number of carbonyl (C=O) groups excluding carboxylic acids is 1. The highest BCUT2D eigenvalue weighted by atomic mass is 35.5. The molecule has 2 N–H and O–H groups in total. The Balaban J connectivity index is 1.35. The Bertz CT molecular complexity index is 1600. The minimum atomic E-state index is -0.876. The molecule has 1 heterocycles. The van der Waals surface area contributed by atoms with Gasteiger partial charge in [0, 0.05) is 16.1 Å². The van der Waals surface area contributed by atoms with Gasteiger partial charge in [0.1, 0.15) is 11.5 Å². The highest BCUT2D eigenvalue weighted by molar-refractivity contribution is 7.10. The zero-order chi connectivity index (χ0) is 26.2. The van der Waals surface area contributed by atoms with Crippen molar-refractivity contribution in [3.63, 3.8) is 0 Å². The number of carboxylic acid groups (broad SMARTS) is 1. The van der Waals surface area contributed by atoms with Crippen molar-refractivity contribution in [1.29, 1.82) is 0 Å². The van der Waals surface area contributed by atoms with Crippen molar-refractivity contribution in [3.05, 3.63) is 82.5 Å². The normalized spacial score (nSPS) is 14.4. The summed E-state index contributed by atoms with van der Waals surface area (Å²) in [6, 6.07) is 19.0. The highest BCUT2D eigenvalue weighted by Crippen LogP contribution is 2.45. The largest absolute Gasteiger partial charge is 0.480 e. The van der Waals surface area contributed by atoms with Crippen LogP contribution in [0.5, 0.6) is 0 Å². The van der Waals surface area contributed by atoms with Gasteiger partial charge < -0.3 is 9.84 Å². The van der Waals surface area contributed by atoms with Gasteiger partial charge in [0.25, 0.3) is 0 Å². The number of hydrogen-bond donors (Lipinski definition) is 2. The van der Waals surface area contributed by atoms with E-state index in [9.17, 15) is 14.7 Å². The van der Waals surface area contributed by atoms with Crippen molar-refractivity contribution in [1.82, 2.24) is 4.37 Å². The van der Waals surface area contributed by atoms with Crippen molar-refractivity contribution in [2.75, 3.05) is 5.32 Å². The lowest BCUT2D eigenvalue weighted by Crippen LogP contribution is -2.16. The summed E-state index contributed by atoms with van der Waals surface area (Å²) >= 11 is 7.54. The summed E-state index contributed by atoms with van der Waals surface area (Å²) in [5, 5.41) is 14.7. The fourth-order valence-corrected chi connectivity index (χ4v) is 5.18. The summed E-state index contributed by atoms with van der Waals surface area (Å²) in [6.07, 6.45) is 0.0929. The zero-order valence-corrected chi connectivity index (χ0v) is 21.7. The number of carbonyl (C=O) groups is 2. The minimum Gasteiger partial charge on any atom is -0.480 e. The van der Waals surface area contributed by atoms with E-state index in [1.807, 2.05) is 61.5 Å². The molecule has 37 heavy (non-hydrogen) atoms. The lowest BCUT2D eigenvalue weighted by Gasteiger charge is -2.16. The molecule has 5 rings (SSSR count). The fourth-order valence-electron chi connectivity index (χ4n) is 4.05. The zero-order valence-electron chi connectivity index (χ0n) is 20.2. The average Bonchev–Trinajstić information content (AvgIpc) is 3.60. The number of rotatable bonds is 5. The molecular weight excluding hydrogens is 508 g/mol. The van der Waals surface area contributed by atoms with Gasteiger partial charge in [0.05, 0.1) is 16.3 Å². The molecule has 0 spiro atoms. The molecule has 0 radical (unpaired) electrons. The minimum absolute atomic E-state index is 0.521. The van der Waals surface area contributed by atoms with Crippen molar-refractivity contribution in [2.24, 2.45) is 5.41 Å². The van der Waals surface area contributed by atoms with Crippen LogP contribution in [0, 0.1) is 24.2 Å². The van der Waals surface area contributed by atoms with E-state index >= 15 is 0 Å². The number of amides is 1. The topological polar surface area (TPSA) is 88.5 Å². The summed E-state index contributed by atoms with van der Waals surface area (Å²) in [7, 11) is 0. The third-order valence-corrected chi connectivity index (χ3v) is 7.76. The number of aromatic nitrogens is 1. The van der Waals surface area contributed by atoms with Gasteiger partial charge in [-0.3, -0.25) is 10.1 Å². The van der Waals surface area contributed by atoms with Gasteiger partial charge in [0.15, 0.2) is 0 Å². The summed E-state index contributed by atoms with van der Waals surface area (Å²) < 4.78 is 10.0. The summed E-state index contributed by atoms with van der Waals surface area (Å²) in [6.45, 7) is 3.61. The second kappa shape index (κ2) is 9.89. The average molecular weight is 531 g/mol. The Hall–Kier alpha value is -3.86. The smallest absolute Gasteiger partial charge is 0.412 e. The molecule has 1 fully saturated rings. The maximum Gasteiger partial charge on any atom is 0.412 e. The van der Waals surface area contributed by atoms with Crippen LogP contribution < -0.4 is 5.32 Å². The number of carboxylic acids is 1. The molecule has 1 aliphatic carbocycles. The van der Waals surface area contributed by atoms with Crippen LogP contribution in [-0.2, 0) is 9.53 Å². The summed E-state index contributed by atoms with van der Waals surface area (Å²) in [5.74, 6) is 5.10. The summed E-state index contributed by atoms with van der Waals surface area (Å²) in [5.41, 5.74) is 2.84. The van der Waals surface area contributed by atoms with Crippen LogP contribution in [0.15, 0.2) is 60.7 Å². The maximum atomic E-state index is 12.7. The number of aliphatic carboxylic acids is 1. The van der Waals surface area contributed by atoms with E-state index in [4.69, 9.17) is 16.3 Å². The standard InChI is InChI=1S/C29H23ClN2O4S/c1-17-25(31-28(35)36-18(2)23-5-3-4-6-24(23)30)26(37-32-17)22-10-9-20-15-19(7-8-21(20)16-22)11-12-29(13-14-29)27(33)34/h3-10,15-16,18H,13-14H2,1-2H3,(H,31,35)(H,33,34)/t18-/m1/s1. The molecule has 1 saturated carbocycles. The predicted molar refractivity (Wildman–Crippen MR) is 146 cm³/mol. The molecule has 6 nitrogen and oxygen atoms in total. The number of nitrogens with one attached hydrogen (secondary N) is 1. The van der Waals surface area contributed by atoms with E-state index in [-0.39, 0.29) is 0 Å². The first-order chi connectivity index (χ1) is 17.8. The molecule has 0 bridgehead atoms. The molecule has 1 aromatic heterocycles. The molecule has 8 heteroatoms. The lowest BCUT2D eigenvalue weighted by molar-refractivity contribution is -0.141. The Morgan fingerprint density at radius 1 is 1.14 bits per heavy atom. The number of fused-ring (bicyclic) bond motifs is 1. The van der Waals surface area contributed by atoms with Crippen LogP contribution in [0.4, 0.5) is 10.5 Å². The van der Waals surface area contributed by atoms with Crippen molar-refractivity contribution < 1.29 is 19.4 Å². The number of aryl methyl sites for hydroxylation is 1. The van der Waals surface area contributed by atoms with E-state index in [2.05, 4.69) is 21.5 Å². The molecule has 1 aliphatic rings. The van der Waals surface area contributed by atoms with Gasteiger partial charge in [-0.25, -0.2) is 4.79 Å². The second-order valence-electron chi connectivity index (χ2n) is 9.08. The van der Waals surface area contributed by atoms with Crippen LogP contribution in [0.1, 0.15) is 42.7 Å². The second-order valence-corrected chi connectivity index (χ2v) is 10.3. The lowest BCUT2D eigenvalue weighted by atomic mass is 10.0. The van der Waals surface area contributed by atoms with Crippen LogP contribution in [0.25, 0.3) is 21.2 Å².